The van der Waals surface area contributed by atoms with Crippen LogP contribution in [0.25, 0.3) is 44.3 Å². The zero-order valence-electron chi connectivity index (χ0n) is 22.3. The summed E-state index contributed by atoms with van der Waals surface area (Å²) in [5.74, 6) is 0.368. The fraction of sp³-hybridized carbons (Fsp3) is 0.147. The van der Waals surface area contributed by atoms with Crippen LogP contribution in [-0.4, -0.2) is 17.6 Å². The van der Waals surface area contributed by atoms with Crippen molar-refractivity contribution >= 4 is 27.8 Å². The average molecular weight is 531 g/mol. The van der Waals surface area contributed by atoms with E-state index in [0.717, 1.165) is 60.9 Å². The van der Waals surface area contributed by atoms with Crippen molar-refractivity contribution in [1.29, 1.82) is 0 Å². The second-order valence-electron chi connectivity index (χ2n) is 9.71. The maximum atomic E-state index is 12.1. The minimum Gasteiger partial charge on any atom is -0.488 e. The second-order valence-corrected chi connectivity index (χ2v) is 9.71. The van der Waals surface area contributed by atoms with Crippen LogP contribution in [0.1, 0.15) is 23.6 Å². The Morgan fingerprint density at radius 2 is 1.75 bits per heavy atom. The third-order valence-electron chi connectivity index (χ3n) is 7.07. The Labute approximate surface area is 232 Å². The lowest BCUT2D eigenvalue weighted by molar-refractivity contribution is -0.142. The number of para-hydroxylation sites is 2. The average Bonchev–Trinajstić information content (AvgIpc) is 3.60. The molecule has 0 aliphatic heterocycles. The summed E-state index contributed by atoms with van der Waals surface area (Å²) in [6.07, 6.45) is 1.91. The predicted molar refractivity (Wildman–Crippen MR) is 158 cm³/mol. The van der Waals surface area contributed by atoms with Gasteiger partial charge in [0.15, 0.2) is 0 Å². The van der Waals surface area contributed by atoms with Gasteiger partial charge in [-0.25, -0.2) is 0 Å². The molecule has 6 aromatic rings. The van der Waals surface area contributed by atoms with Crippen molar-refractivity contribution in [2.45, 2.75) is 26.5 Å². The molecule has 0 unspecified atom stereocenters. The maximum absolute atomic E-state index is 12.1. The first-order chi connectivity index (χ1) is 19.6. The molecule has 6 rings (SSSR count). The second kappa shape index (κ2) is 11.1. The van der Waals surface area contributed by atoms with Crippen LogP contribution in [-0.2, 0) is 29.1 Å². The van der Waals surface area contributed by atoms with Gasteiger partial charge in [-0.3, -0.25) is 4.79 Å². The smallest absolute Gasteiger partial charge is 0.310 e. The summed E-state index contributed by atoms with van der Waals surface area (Å²) in [7, 11) is 0. The van der Waals surface area contributed by atoms with Gasteiger partial charge < -0.3 is 24.6 Å². The topological polar surface area (TPSA) is 90.5 Å². The highest BCUT2D eigenvalue weighted by molar-refractivity contribution is 6.00. The van der Waals surface area contributed by atoms with Crippen LogP contribution in [0, 0.1) is 0 Å². The summed E-state index contributed by atoms with van der Waals surface area (Å²) in [6, 6.07) is 30.5. The van der Waals surface area contributed by atoms with E-state index in [-0.39, 0.29) is 19.0 Å². The Balaban J connectivity index is 1.41. The number of esters is 1. The molecular weight excluding hydrogens is 500 g/mol. The van der Waals surface area contributed by atoms with Crippen molar-refractivity contribution in [1.82, 2.24) is 4.98 Å². The Kier molecular flexibility index (Phi) is 7.08. The maximum Gasteiger partial charge on any atom is 0.310 e. The number of nitrogens with two attached hydrogens (primary N) is 1. The van der Waals surface area contributed by atoms with E-state index in [1.165, 1.54) is 0 Å². The standard InChI is InChI=1S/C34H30N2O4/c1-2-38-33(37)18-25-10-4-6-13-32(25)39-20-27-21-40-34-28(27)15-26(23-11-7-8-22(14-23)19-35)16-29(34)31-17-24-9-3-5-12-30(24)36-31/h3-17,21,36H,2,18-20,35H2,1H3. The van der Waals surface area contributed by atoms with Crippen molar-refractivity contribution in [2.75, 3.05) is 6.61 Å². The van der Waals surface area contributed by atoms with Crippen LogP contribution in [0.3, 0.4) is 0 Å². The van der Waals surface area contributed by atoms with Crippen LogP contribution in [0.5, 0.6) is 5.75 Å². The van der Waals surface area contributed by atoms with Crippen molar-refractivity contribution in [3.05, 3.63) is 114 Å². The first-order valence-corrected chi connectivity index (χ1v) is 13.4. The van der Waals surface area contributed by atoms with Gasteiger partial charge in [0.2, 0.25) is 0 Å². The Morgan fingerprint density at radius 1 is 0.900 bits per heavy atom. The molecule has 0 fully saturated rings. The number of carbonyl (C=O) groups is 1. The van der Waals surface area contributed by atoms with Gasteiger partial charge in [-0.05, 0) is 60.0 Å². The number of hydrogen-bond donors (Lipinski definition) is 2. The fourth-order valence-electron chi connectivity index (χ4n) is 5.08. The van der Waals surface area contributed by atoms with E-state index in [1.807, 2.05) is 48.5 Å². The van der Waals surface area contributed by atoms with Gasteiger partial charge in [-0.15, -0.1) is 0 Å². The molecule has 0 aliphatic rings. The lowest BCUT2D eigenvalue weighted by Gasteiger charge is -2.11. The number of nitrogens with one attached hydrogen (secondary N) is 1. The quantitative estimate of drug-likeness (QED) is 0.190. The summed E-state index contributed by atoms with van der Waals surface area (Å²) < 4.78 is 17.6. The summed E-state index contributed by atoms with van der Waals surface area (Å²) in [6.45, 7) is 2.90. The van der Waals surface area contributed by atoms with Gasteiger partial charge in [-0.2, -0.15) is 0 Å². The van der Waals surface area contributed by atoms with E-state index in [1.54, 1.807) is 13.2 Å². The molecule has 0 bridgehead atoms. The molecule has 0 atom stereocenters. The number of carbonyl (C=O) groups excluding carboxylic acids is 1. The van der Waals surface area contributed by atoms with Crippen LogP contribution >= 0.6 is 0 Å². The highest BCUT2D eigenvalue weighted by Gasteiger charge is 2.18. The number of furan rings is 1. The van der Waals surface area contributed by atoms with E-state index in [0.29, 0.717) is 18.9 Å². The minimum absolute atomic E-state index is 0.155. The SMILES string of the molecule is CCOC(=O)Cc1ccccc1OCc1coc2c(-c3cc4ccccc4[nH]3)cc(-c3cccc(CN)c3)cc12. The van der Waals surface area contributed by atoms with Gasteiger partial charge >= 0.3 is 5.97 Å². The number of H-pyrrole nitrogens is 1. The molecule has 200 valence electrons. The van der Waals surface area contributed by atoms with Gasteiger partial charge in [0, 0.05) is 39.5 Å². The zero-order valence-corrected chi connectivity index (χ0v) is 22.3. The first kappa shape index (κ1) is 25.5. The normalized spacial score (nSPS) is 11.2. The number of benzene rings is 4. The number of aromatic nitrogens is 1. The van der Waals surface area contributed by atoms with E-state index in [2.05, 4.69) is 47.4 Å². The molecule has 0 saturated carbocycles. The molecule has 0 radical (unpaired) electrons. The molecule has 0 aliphatic carbocycles. The van der Waals surface area contributed by atoms with E-state index >= 15 is 0 Å². The third kappa shape index (κ3) is 5.09. The Morgan fingerprint density at radius 3 is 2.60 bits per heavy atom. The molecule has 0 saturated heterocycles. The van der Waals surface area contributed by atoms with E-state index in [4.69, 9.17) is 19.6 Å². The molecule has 3 N–H and O–H groups in total. The van der Waals surface area contributed by atoms with Crippen LogP contribution in [0.15, 0.2) is 102 Å². The van der Waals surface area contributed by atoms with Crippen LogP contribution < -0.4 is 10.5 Å². The van der Waals surface area contributed by atoms with Crippen molar-refractivity contribution in [3.63, 3.8) is 0 Å². The molecule has 4 aromatic carbocycles. The molecule has 2 heterocycles. The van der Waals surface area contributed by atoms with E-state index in [9.17, 15) is 4.79 Å². The van der Waals surface area contributed by atoms with Gasteiger partial charge in [-0.1, -0.05) is 54.6 Å². The Hall–Kier alpha value is -4.81. The Bertz CT molecular complexity index is 1780. The van der Waals surface area contributed by atoms with Crippen molar-refractivity contribution in [3.8, 4) is 28.1 Å². The lowest BCUT2D eigenvalue weighted by atomic mass is 9.96. The molecule has 0 amide bonds. The number of aromatic amines is 1. The summed E-state index contributed by atoms with van der Waals surface area (Å²) in [4.78, 5) is 15.7. The summed E-state index contributed by atoms with van der Waals surface area (Å²) in [5.41, 5.74) is 14.6. The molecule has 0 spiro atoms. The molecule has 6 heteroatoms. The van der Waals surface area contributed by atoms with E-state index < -0.39 is 0 Å². The number of hydrogen-bond acceptors (Lipinski definition) is 5. The lowest BCUT2D eigenvalue weighted by Crippen LogP contribution is -2.09. The minimum atomic E-state index is -0.278. The fourth-order valence-corrected chi connectivity index (χ4v) is 5.08. The third-order valence-corrected chi connectivity index (χ3v) is 7.07. The van der Waals surface area contributed by atoms with Crippen LogP contribution in [0.2, 0.25) is 0 Å². The van der Waals surface area contributed by atoms with Gasteiger partial charge in [0.1, 0.15) is 17.9 Å². The van der Waals surface area contributed by atoms with Crippen molar-refractivity contribution in [2.24, 2.45) is 5.73 Å². The first-order valence-electron chi connectivity index (χ1n) is 13.4. The highest BCUT2D eigenvalue weighted by atomic mass is 16.5. The number of rotatable bonds is 9. The van der Waals surface area contributed by atoms with Gasteiger partial charge in [0.05, 0.1) is 25.0 Å². The molecule has 2 aromatic heterocycles. The zero-order chi connectivity index (χ0) is 27.5. The monoisotopic (exact) mass is 530 g/mol. The van der Waals surface area contributed by atoms with Crippen LogP contribution in [0.4, 0.5) is 0 Å². The number of ether oxygens (including phenoxy) is 2. The van der Waals surface area contributed by atoms with Gasteiger partial charge in [0.25, 0.3) is 0 Å². The number of fused-ring (bicyclic) bond motifs is 2. The highest BCUT2D eigenvalue weighted by Crippen LogP contribution is 2.38. The molecule has 40 heavy (non-hydrogen) atoms. The summed E-state index contributed by atoms with van der Waals surface area (Å²) in [5, 5.41) is 2.10. The largest absolute Gasteiger partial charge is 0.488 e. The molecule has 6 nitrogen and oxygen atoms in total. The van der Waals surface area contributed by atoms with Crippen molar-refractivity contribution < 1.29 is 18.7 Å². The predicted octanol–water partition coefficient (Wildman–Crippen LogP) is 7.39. The molecular formula is C34H30N2O4. The summed E-state index contributed by atoms with van der Waals surface area (Å²) >= 11 is 0.